The first-order valence-corrected chi connectivity index (χ1v) is 8.90. The van der Waals surface area contributed by atoms with E-state index < -0.39 is 0 Å². The molecule has 0 saturated carbocycles. The summed E-state index contributed by atoms with van der Waals surface area (Å²) in [5.74, 6) is 2.76. The Morgan fingerprint density at radius 1 is 1.04 bits per heavy atom. The van der Waals surface area contributed by atoms with Crippen LogP contribution >= 0.6 is 0 Å². The van der Waals surface area contributed by atoms with Crippen LogP contribution in [0.2, 0.25) is 0 Å². The predicted molar refractivity (Wildman–Crippen MR) is 102 cm³/mol. The maximum absolute atomic E-state index is 7.84. The zero-order valence-electron chi connectivity index (χ0n) is 14.7. The van der Waals surface area contributed by atoms with Gasteiger partial charge in [-0.1, -0.05) is 0 Å². The van der Waals surface area contributed by atoms with Crippen molar-refractivity contribution in [3.05, 3.63) is 54.1 Å². The first kappa shape index (κ1) is 18.1. The first-order chi connectivity index (χ1) is 12.7. The second-order valence-corrected chi connectivity index (χ2v) is 6.38. The number of hydrogen-bond acceptors (Lipinski definition) is 5. The fraction of sp³-hybridized carbons (Fsp3) is 0.333. The summed E-state index contributed by atoms with van der Waals surface area (Å²) in [5.41, 5.74) is 1.23. The van der Waals surface area contributed by atoms with Crippen LogP contribution < -0.4 is 9.47 Å². The second-order valence-electron chi connectivity index (χ2n) is 6.38. The predicted octanol–water partition coefficient (Wildman–Crippen LogP) is 4.69. The fourth-order valence-corrected chi connectivity index (χ4v) is 2.84. The van der Waals surface area contributed by atoms with Gasteiger partial charge in [0.15, 0.2) is 0 Å². The number of benzene rings is 2. The number of ether oxygens (including phenoxy) is 3. The molecule has 136 valence electrons. The van der Waals surface area contributed by atoms with Crippen LogP contribution in [0.25, 0.3) is 0 Å². The lowest BCUT2D eigenvalue weighted by Crippen LogP contribution is -2.23. The molecule has 1 atom stereocenters. The molecule has 1 aliphatic rings. The minimum absolute atomic E-state index is 0.342. The third-order valence-corrected chi connectivity index (χ3v) is 4.31. The van der Waals surface area contributed by atoms with E-state index in [1.807, 2.05) is 48.5 Å². The lowest BCUT2D eigenvalue weighted by molar-refractivity contribution is 0.0352. The molecule has 0 aliphatic carbocycles. The van der Waals surface area contributed by atoms with Crippen molar-refractivity contribution >= 4 is 11.9 Å². The Morgan fingerprint density at radius 2 is 1.69 bits per heavy atom. The molecule has 2 N–H and O–H groups in total. The van der Waals surface area contributed by atoms with E-state index in [1.165, 1.54) is 6.21 Å². The zero-order valence-corrected chi connectivity index (χ0v) is 14.7. The van der Waals surface area contributed by atoms with Gasteiger partial charge in [-0.25, -0.2) is 0 Å². The Hall–Kier alpha value is -2.66. The highest BCUT2D eigenvalue weighted by Crippen LogP contribution is 2.25. The quantitative estimate of drug-likeness (QED) is 0.677. The van der Waals surface area contributed by atoms with Gasteiger partial charge in [0.2, 0.25) is 0 Å². The van der Waals surface area contributed by atoms with E-state index in [-0.39, 0.29) is 0 Å². The minimum Gasteiger partial charge on any atom is -0.493 e. The summed E-state index contributed by atoms with van der Waals surface area (Å²) >= 11 is 0. The van der Waals surface area contributed by atoms with E-state index in [9.17, 15) is 0 Å². The number of nitrogens with one attached hydrogen (secondary N) is 2. The van der Waals surface area contributed by atoms with E-state index in [2.05, 4.69) is 0 Å². The summed E-state index contributed by atoms with van der Waals surface area (Å²) in [6.45, 7) is 2.34. The Labute approximate surface area is 153 Å². The summed E-state index contributed by atoms with van der Waals surface area (Å²) < 4.78 is 17.1. The molecule has 0 radical (unpaired) electrons. The SMILES string of the molecule is N=CCC(=N)c1ccc(Oc2ccc(OCC3CCCOC3)cc2)cc1. The van der Waals surface area contributed by atoms with Gasteiger partial charge in [0.1, 0.15) is 17.2 Å². The van der Waals surface area contributed by atoms with E-state index >= 15 is 0 Å². The van der Waals surface area contributed by atoms with Crippen LogP contribution in [0, 0.1) is 16.7 Å². The Balaban J connectivity index is 1.52. The molecule has 3 rings (SSSR count). The summed E-state index contributed by atoms with van der Waals surface area (Å²) in [6.07, 6.45) is 3.85. The molecule has 1 saturated heterocycles. The van der Waals surface area contributed by atoms with Gasteiger partial charge < -0.3 is 25.0 Å². The first-order valence-electron chi connectivity index (χ1n) is 8.90. The highest BCUT2D eigenvalue weighted by Gasteiger charge is 2.14. The summed E-state index contributed by atoms with van der Waals surface area (Å²) in [7, 11) is 0. The molecule has 0 spiro atoms. The van der Waals surface area contributed by atoms with Crippen LogP contribution in [0.5, 0.6) is 17.2 Å². The minimum atomic E-state index is 0.342. The highest BCUT2D eigenvalue weighted by molar-refractivity contribution is 6.04. The monoisotopic (exact) mass is 352 g/mol. The molecule has 1 fully saturated rings. The van der Waals surface area contributed by atoms with E-state index in [0.717, 1.165) is 43.1 Å². The molecular weight excluding hydrogens is 328 g/mol. The Bertz CT molecular complexity index is 720. The van der Waals surface area contributed by atoms with Crippen molar-refractivity contribution in [3.63, 3.8) is 0 Å². The van der Waals surface area contributed by atoms with E-state index in [1.54, 1.807) is 0 Å². The molecule has 0 bridgehead atoms. The van der Waals surface area contributed by atoms with E-state index in [4.69, 9.17) is 25.0 Å². The van der Waals surface area contributed by atoms with Crippen molar-refractivity contribution in [2.24, 2.45) is 5.92 Å². The highest BCUT2D eigenvalue weighted by atomic mass is 16.5. The fourth-order valence-electron chi connectivity index (χ4n) is 2.84. The molecule has 0 amide bonds. The standard InChI is InChI=1S/C21H24N2O3/c22-12-11-21(23)17-3-5-19(6-4-17)26-20-9-7-18(8-10-20)25-15-16-2-1-13-24-14-16/h3-10,12,16,22-23H,1-2,11,13-15H2. The lowest BCUT2D eigenvalue weighted by atomic mass is 10.0. The van der Waals surface area contributed by atoms with Crippen molar-refractivity contribution in [1.82, 2.24) is 0 Å². The van der Waals surface area contributed by atoms with Gasteiger partial charge >= 0.3 is 0 Å². The van der Waals surface area contributed by atoms with Crippen LogP contribution in [0.1, 0.15) is 24.8 Å². The summed E-state index contributed by atoms with van der Waals surface area (Å²) in [6, 6.07) is 14.9. The third-order valence-electron chi connectivity index (χ3n) is 4.31. The molecule has 5 heteroatoms. The van der Waals surface area contributed by atoms with Gasteiger partial charge in [-0.15, -0.1) is 0 Å². The average molecular weight is 352 g/mol. The van der Waals surface area contributed by atoms with Crippen molar-refractivity contribution in [1.29, 1.82) is 10.8 Å². The van der Waals surface area contributed by atoms with Gasteiger partial charge in [-0.3, -0.25) is 0 Å². The molecular formula is C21H24N2O3. The van der Waals surface area contributed by atoms with Gasteiger partial charge in [0.25, 0.3) is 0 Å². The molecule has 2 aromatic rings. The molecule has 0 aromatic heterocycles. The zero-order chi connectivity index (χ0) is 18.2. The molecule has 1 unspecified atom stereocenters. The maximum atomic E-state index is 7.84. The van der Waals surface area contributed by atoms with Crippen LogP contribution in [-0.4, -0.2) is 31.7 Å². The molecule has 1 aliphatic heterocycles. The smallest absolute Gasteiger partial charge is 0.127 e. The van der Waals surface area contributed by atoms with Crippen molar-refractivity contribution in [2.75, 3.05) is 19.8 Å². The van der Waals surface area contributed by atoms with Crippen LogP contribution in [0.3, 0.4) is 0 Å². The van der Waals surface area contributed by atoms with Gasteiger partial charge in [-0.2, -0.15) is 0 Å². The number of hydrogen-bond donors (Lipinski definition) is 2. The molecule has 1 heterocycles. The van der Waals surface area contributed by atoms with E-state index in [0.29, 0.717) is 30.4 Å². The Kier molecular flexibility index (Phi) is 6.39. The van der Waals surface area contributed by atoms with Crippen LogP contribution in [0.15, 0.2) is 48.5 Å². The van der Waals surface area contributed by atoms with Crippen molar-refractivity contribution < 1.29 is 14.2 Å². The average Bonchev–Trinajstić information content (AvgIpc) is 2.69. The number of rotatable bonds is 8. The third kappa shape index (κ3) is 5.17. The summed E-state index contributed by atoms with van der Waals surface area (Å²) in [5, 5.41) is 14.9. The maximum Gasteiger partial charge on any atom is 0.127 e. The lowest BCUT2D eigenvalue weighted by Gasteiger charge is -2.22. The Morgan fingerprint density at radius 3 is 2.31 bits per heavy atom. The van der Waals surface area contributed by atoms with Gasteiger partial charge in [0, 0.05) is 30.9 Å². The van der Waals surface area contributed by atoms with Crippen molar-refractivity contribution in [3.8, 4) is 17.2 Å². The second kappa shape index (κ2) is 9.15. The molecule has 5 nitrogen and oxygen atoms in total. The van der Waals surface area contributed by atoms with Crippen LogP contribution in [-0.2, 0) is 4.74 Å². The normalized spacial score (nSPS) is 16.7. The summed E-state index contributed by atoms with van der Waals surface area (Å²) in [4.78, 5) is 0. The molecule has 26 heavy (non-hydrogen) atoms. The molecule has 2 aromatic carbocycles. The van der Waals surface area contributed by atoms with Crippen molar-refractivity contribution in [2.45, 2.75) is 19.3 Å². The van der Waals surface area contributed by atoms with Crippen LogP contribution in [0.4, 0.5) is 0 Å². The largest absolute Gasteiger partial charge is 0.493 e. The topological polar surface area (TPSA) is 75.4 Å². The van der Waals surface area contributed by atoms with Gasteiger partial charge in [-0.05, 0) is 66.9 Å². The van der Waals surface area contributed by atoms with Gasteiger partial charge in [0.05, 0.1) is 13.2 Å².